The third-order valence-corrected chi connectivity index (χ3v) is 2.87. The fourth-order valence-corrected chi connectivity index (χ4v) is 2.23. The smallest absolute Gasteiger partial charge is 0.344 e. The second-order valence-electron chi connectivity index (χ2n) is 2.94. The molecule has 80 valence electrons. The minimum Gasteiger partial charge on any atom is -0.496 e. The topological polar surface area (TPSA) is 93.8 Å². The third kappa shape index (κ3) is 1.61. The van der Waals surface area contributed by atoms with Crippen LogP contribution in [0.5, 0.6) is 5.75 Å². The van der Waals surface area contributed by atoms with Gasteiger partial charge in [0.15, 0.2) is 5.84 Å². The molecule has 1 aromatic rings. The average Bonchev–Trinajstić information content (AvgIpc) is 2.14. The van der Waals surface area contributed by atoms with Gasteiger partial charge in [0, 0.05) is 0 Å². The van der Waals surface area contributed by atoms with Gasteiger partial charge in [-0.15, -0.1) is 4.40 Å². The third-order valence-electron chi connectivity index (χ3n) is 1.96. The molecule has 0 unspecified atom stereocenters. The molecule has 0 spiro atoms. The number of hydrogen-bond donors (Lipinski definition) is 2. The Bertz CT molecular complexity index is 536. The number of amidine groups is 1. The van der Waals surface area contributed by atoms with Crippen LogP contribution < -0.4 is 15.2 Å². The van der Waals surface area contributed by atoms with E-state index in [2.05, 4.69) is 9.12 Å². The van der Waals surface area contributed by atoms with E-state index in [-0.39, 0.29) is 5.84 Å². The molecule has 0 amide bonds. The maximum absolute atomic E-state index is 11.2. The van der Waals surface area contributed by atoms with E-state index >= 15 is 0 Å². The molecule has 1 heterocycles. The number of ether oxygens (including phenoxy) is 1. The molecule has 0 saturated carbocycles. The molecule has 1 aromatic carbocycles. The highest BCUT2D eigenvalue weighted by Gasteiger charge is 2.23. The van der Waals surface area contributed by atoms with Gasteiger partial charge in [0.05, 0.1) is 18.4 Å². The van der Waals surface area contributed by atoms with Gasteiger partial charge >= 0.3 is 10.2 Å². The number of nitrogens with one attached hydrogen (secondary N) is 1. The van der Waals surface area contributed by atoms with E-state index in [1.807, 2.05) is 0 Å². The van der Waals surface area contributed by atoms with E-state index in [0.29, 0.717) is 17.0 Å². The number of rotatable bonds is 1. The van der Waals surface area contributed by atoms with E-state index in [1.54, 1.807) is 18.2 Å². The normalized spacial score (nSPS) is 17.3. The van der Waals surface area contributed by atoms with Crippen molar-refractivity contribution in [3.63, 3.8) is 0 Å². The number of benzene rings is 1. The first-order valence-electron chi connectivity index (χ1n) is 4.09. The summed E-state index contributed by atoms with van der Waals surface area (Å²) in [5, 5.41) is 0. The summed E-state index contributed by atoms with van der Waals surface area (Å²) < 4.78 is 33.1. The van der Waals surface area contributed by atoms with Crippen LogP contribution in [0.25, 0.3) is 0 Å². The minimum atomic E-state index is -3.71. The van der Waals surface area contributed by atoms with Gasteiger partial charge in [0.2, 0.25) is 0 Å². The first kappa shape index (κ1) is 9.78. The molecule has 1 aliphatic heterocycles. The molecule has 1 aliphatic rings. The first-order valence-corrected chi connectivity index (χ1v) is 5.53. The van der Waals surface area contributed by atoms with Gasteiger partial charge in [-0.05, 0) is 12.1 Å². The van der Waals surface area contributed by atoms with Crippen LogP contribution in [-0.4, -0.2) is 21.4 Å². The molecule has 0 atom stereocenters. The SMILES string of the molecule is COc1cccc2c1C(N)=NS(=O)(=O)N2. The fourth-order valence-electron chi connectivity index (χ4n) is 1.39. The van der Waals surface area contributed by atoms with Gasteiger partial charge in [-0.2, -0.15) is 8.42 Å². The van der Waals surface area contributed by atoms with E-state index in [1.165, 1.54) is 7.11 Å². The Morgan fingerprint density at radius 1 is 1.47 bits per heavy atom. The molecule has 0 aromatic heterocycles. The van der Waals surface area contributed by atoms with Crippen molar-refractivity contribution in [3.05, 3.63) is 23.8 Å². The summed E-state index contributed by atoms with van der Waals surface area (Å²) in [6, 6.07) is 4.94. The van der Waals surface area contributed by atoms with E-state index in [9.17, 15) is 8.42 Å². The number of methoxy groups -OCH3 is 1. The molecule has 0 bridgehead atoms. The zero-order valence-electron chi connectivity index (χ0n) is 7.89. The highest BCUT2D eigenvalue weighted by molar-refractivity contribution is 7.91. The van der Waals surface area contributed by atoms with Crippen molar-refractivity contribution in [1.82, 2.24) is 0 Å². The Balaban J connectivity index is 2.70. The van der Waals surface area contributed by atoms with Gasteiger partial charge in [-0.1, -0.05) is 6.07 Å². The number of hydrogen-bond acceptors (Lipinski definition) is 4. The lowest BCUT2D eigenvalue weighted by Gasteiger charge is -2.17. The minimum absolute atomic E-state index is 0.0683. The maximum Gasteiger partial charge on any atom is 0.344 e. The molecular formula is C8H9N3O3S. The van der Waals surface area contributed by atoms with E-state index in [4.69, 9.17) is 10.5 Å². The van der Waals surface area contributed by atoms with Crippen molar-refractivity contribution in [2.45, 2.75) is 0 Å². The second kappa shape index (κ2) is 3.13. The molecular weight excluding hydrogens is 218 g/mol. The van der Waals surface area contributed by atoms with E-state index in [0.717, 1.165) is 0 Å². The largest absolute Gasteiger partial charge is 0.496 e. The second-order valence-corrected chi connectivity index (χ2v) is 4.27. The predicted octanol–water partition coefficient (Wildman–Crippen LogP) is 0.0708. The van der Waals surface area contributed by atoms with Gasteiger partial charge in [0.1, 0.15) is 5.75 Å². The molecule has 0 saturated heterocycles. The standard InChI is InChI=1S/C8H9N3O3S/c1-14-6-4-2-3-5-7(6)8(9)11-15(12,13)10-5/h2-4,10H,1H3,(H2,9,11). The van der Waals surface area contributed by atoms with Crippen LogP contribution in [0.3, 0.4) is 0 Å². The lowest BCUT2D eigenvalue weighted by Crippen LogP contribution is -2.26. The number of nitrogens with zero attached hydrogens (tertiary/aromatic N) is 1. The Morgan fingerprint density at radius 3 is 2.87 bits per heavy atom. The lowest BCUT2D eigenvalue weighted by molar-refractivity contribution is 0.414. The molecule has 7 heteroatoms. The maximum atomic E-state index is 11.2. The van der Waals surface area contributed by atoms with Crippen LogP contribution in [0.15, 0.2) is 22.6 Å². The van der Waals surface area contributed by atoms with Crippen molar-refractivity contribution in [1.29, 1.82) is 0 Å². The van der Waals surface area contributed by atoms with Gasteiger partial charge in [-0.25, -0.2) is 0 Å². The van der Waals surface area contributed by atoms with Crippen molar-refractivity contribution in [3.8, 4) is 5.75 Å². The average molecular weight is 227 g/mol. The van der Waals surface area contributed by atoms with Crippen molar-refractivity contribution < 1.29 is 13.2 Å². The van der Waals surface area contributed by atoms with E-state index < -0.39 is 10.2 Å². The van der Waals surface area contributed by atoms with Crippen LogP contribution in [0.1, 0.15) is 5.56 Å². The van der Waals surface area contributed by atoms with Gasteiger partial charge in [0.25, 0.3) is 0 Å². The quantitative estimate of drug-likeness (QED) is 0.710. The van der Waals surface area contributed by atoms with Crippen LogP contribution in [0.4, 0.5) is 5.69 Å². The summed E-state index contributed by atoms with van der Waals surface area (Å²) in [5.41, 5.74) is 6.39. The van der Waals surface area contributed by atoms with Crippen molar-refractivity contribution in [2.75, 3.05) is 11.8 Å². The summed E-state index contributed by atoms with van der Waals surface area (Å²) in [6.07, 6.45) is 0. The van der Waals surface area contributed by atoms with Crippen molar-refractivity contribution in [2.24, 2.45) is 10.1 Å². The van der Waals surface area contributed by atoms with Crippen molar-refractivity contribution >= 4 is 21.7 Å². The molecule has 0 aliphatic carbocycles. The summed E-state index contributed by atoms with van der Waals surface area (Å²) >= 11 is 0. The summed E-state index contributed by atoms with van der Waals surface area (Å²) in [4.78, 5) is 0. The summed E-state index contributed by atoms with van der Waals surface area (Å²) in [5.74, 6) is 0.414. The zero-order chi connectivity index (χ0) is 11.1. The zero-order valence-corrected chi connectivity index (χ0v) is 8.71. The lowest BCUT2D eigenvalue weighted by atomic mass is 10.1. The Kier molecular flexibility index (Phi) is 2.04. The molecule has 15 heavy (non-hydrogen) atoms. The number of fused-ring (bicyclic) bond motifs is 1. The predicted molar refractivity (Wildman–Crippen MR) is 56.3 cm³/mol. The Labute approximate surface area is 87.0 Å². The van der Waals surface area contributed by atoms with Gasteiger partial charge in [-0.3, -0.25) is 4.72 Å². The van der Waals surface area contributed by atoms with Crippen LogP contribution in [-0.2, 0) is 10.2 Å². The van der Waals surface area contributed by atoms with Crippen LogP contribution >= 0.6 is 0 Å². The fraction of sp³-hybridized carbons (Fsp3) is 0.125. The summed E-state index contributed by atoms with van der Waals surface area (Å²) in [7, 11) is -2.23. The van der Waals surface area contributed by atoms with Gasteiger partial charge < -0.3 is 10.5 Å². The highest BCUT2D eigenvalue weighted by Crippen LogP contribution is 2.29. The van der Waals surface area contributed by atoms with Crippen LogP contribution in [0, 0.1) is 0 Å². The molecule has 0 fully saturated rings. The number of nitrogens with two attached hydrogens (primary N) is 1. The molecule has 6 nitrogen and oxygen atoms in total. The highest BCUT2D eigenvalue weighted by atomic mass is 32.2. The molecule has 0 radical (unpaired) electrons. The molecule has 2 rings (SSSR count). The Morgan fingerprint density at radius 2 is 2.20 bits per heavy atom. The molecule has 3 N–H and O–H groups in total. The summed E-state index contributed by atoms with van der Waals surface area (Å²) in [6.45, 7) is 0. The number of anilines is 1. The Hall–Kier alpha value is -1.76. The van der Waals surface area contributed by atoms with Crippen LogP contribution in [0.2, 0.25) is 0 Å². The first-order chi connectivity index (χ1) is 7.03. The monoisotopic (exact) mass is 227 g/mol.